The average Bonchev–Trinajstić information content (AvgIpc) is 3.23. The number of nitrogens with one attached hydrogen (secondary N) is 1. The molecule has 31 heavy (non-hydrogen) atoms. The Morgan fingerprint density at radius 1 is 1.00 bits per heavy atom. The van der Waals surface area contributed by atoms with Crippen molar-refractivity contribution in [3.05, 3.63) is 72.6 Å². The van der Waals surface area contributed by atoms with Gasteiger partial charge in [0.25, 0.3) is 0 Å². The molecular formula is C24H24N6O. The first-order chi connectivity index (χ1) is 15.2. The number of hydrogen-bond donors (Lipinski definition) is 2. The van der Waals surface area contributed by atoms with Crippen molar-refractivity contribution in [2.45, 2.75) is 19.3 Å². The van der Waals surface area contributed by atoms with Gasteiger partial charge in [0.1, 0.15) is 5.82 Å². The Morgan fingerprint density at radius 3 is 2.58 bits per heavy atom. The van der Waals surface area contributed by atoms with Crippen molar-refractivity contribution < 1.29 is 4.79 Å². The van der Waals surface area contributed by atoms with Gasteiger partial charge in [0.2, 0.25) is 5.91 Å². The number of hydrogen-bond acceptors (Lipinski definition) is 5. The summed E-state index contributed by atoms with van der Waals surface area (Å²) in [6.45, 7) is 2.26. The highest BCUT2D eigenvalue weighted by molar-refractivity contribution is 5.94. The Bertz CT molecular complexity index is 1220. The molecule has 4 aromatic rings. The molecule has 0 radical (unpaired) electrons. The summed E-state index contributed by atoms with van der Waals surface area (Å²) in [5, 5.41) is 7.77. The Labute approximate surface area is 180 Å². The van der Waals surface area contributed by atoms with Crippen LogP contribution in [0.4, 0.5) is 17.2 Å². The Balaban J connectivity index is 1.40. The molecular weight excluding hydrogens is 388 g/mol. The van der Waals surface area contributed by atoms with Crippen LogP contribution in [-0.4, -0.2) is 33.6 Å². The highest BCUT2D eigenvalue weighted by Crippen LogP contribution is 2.27. The molecule has 5 rings (SSSR count). The maximum atomic E-state index is 11.5. The molecule has 3 N–H and O–H groups in total. The lowest BCUT2D eigenvalue weighted by molar-refractivity contribution is 0.100. The lowest BCUT2D eigenvalue weighted by atomic mass is 10.1. The van der Waals surface area contributed by atoms with Gasteiger partial charge in [0.05, 0.1) is 6.20 Å². The Hall–Kier alpha value is -3.87. The predicted octanol–water partition coefficient (Wildman–Crippen LogP) is 4.23. The molecule has 7 heteroatoms. The van der Waals surface area contributed by atoms with Crippen LogP contribution < -0.4 is 16.0 Å². The van der Waals surface area contributed by atoms with Gasteiger partial charge in [-0.2, -0.15) is 5.10 Å². The molecule has 7 nitrogen and oxygen atoms in total. The van der Waals surface area contributed by atoms with E-state index in [1.807, 2.05) is 24.4 Å². The van der Waals surface area contributed by atoms with Crippen LogP contribution >= 0.6 is 0 Å². The predicted molar refractivity (Wildman–Crippen MR) is 123 cm³/mol. The average molecular weight is 412 g/mol. The van der Waals surface area contributed by atoms with Crippen molar-refractivity contribution in [3.8, 4) is 11.1 Å². The fourth-order valence-corrected chi connectivity index (χ4v) is 4.04. The summed E-state index contributed by atoms with van der Waals surface area (Å²) >= 11 is 0. The zero-order valence-corrected chi connectivity index (χ0v) is 17.2. The van der Waals surface area contributed by atoms with Gasteiger partial charge in [-0.3, -0.25) is 4.79 Å². The van der Waals surface area contributed by atoms with Crippen LogP contribution in [0, 0.1) is 0 Å². The van der Waals surface area contributed by atoms with Gasteiger partial charge in [0, 0.05) is 41.8 Å². The van der Waals surface area contributed by atoms with E-state index in [1.54, 1.807) is 22.8 Å². The molecule has 1 amide bonds. The van der Waals surface area contributed by atoms with E-state index in [1.165, 1.54) is 24.9 Å². The number of rotatable bonds is 5. The van der Waals surface area contributed by atoms with Gasteiger partial charge in [0.15, 0.2) is 5.65 Å². The number of amides is 1. The second-order valence-electron chi connectivity index (χ2n) is 7.80. The van der Waals surface area contributed by atoms with Crippen molar-refractivity contribution in [2.24, 2.45) is 5.73 Å². The Morgan fingerprint density at radius 2 is 1.81 bits per heavy atom. The maximum absolute atomic E-state index is 11.5. The fraction of sp³-hybridized carbons (Fsp3) is 0.208. The summed E-state index contributed by atoms with van der Waals surface area (Å²) in [4.78, 5) is 18.7. The summed E-state index contributed by atoms with van der Waals surface area (Å²) in [7, 11) is 0. The normalized spacial score (nSPS) is 14.0. The van der Waals surface area contributed by atoms with Crippen molar-refractivity contribution in [2.75, 3.05) is 23.3 Å². The summed E-state index contributed by atoms with van der Waals surface area (Å²) in [5.74, 6) is 0.271. The molecule has 0 unspecified atom stereocenters. The maximum Gasteiger partial charge on any atom is 0.248 e. The second-order valence-corrected chi connectivity index (χ2v) is 7.80. The number of anilines is 3. The number of nitrogens with two attached hydrogens (primary N) is 1. The molecule has 1 aliphatic heterocycles. The van der Waals surface area contributed by atoms with E-state index in [4.69, 9.17) is 10.7 Å². The molecule has 2 aromatic heterocycles. The number of aromatic nitrogens is 3. The molecule has 1 aliphatic rings. The molecule has 0 spiro atoms. The topological polar surface area (TPSA) is 88.5 Å². The second kappa shape index (κ2) is 8.10. The van der Waals surface area contributed by atoms with Crippen LogP contribution in [0.5, 0.6) is 0 Å². The molecule has 0 atom stereocenters. The van der Waals surface area contributed by atoms with Crippen LogP contribution in [0.25, 0.3) is 16.8 Å². The Kier molecular flexibility index (Phi) is 5.00. The lowest BCUT2D eigenvalue weighted by Gasteiger charge is -2.28. The fourth-order valence-electron chi connectivity index (χ4n) is 4.04. The van der Waals surface area contributed by atoms with E-state index < -0.39 is 5.91 Å². The van der Waals surface area contributed by atoms with E-state index in [0.717, 1.165) is 35.7 Å². The number of primary amides is 1. The molecule has 3 heterocycles. The summed E-state index contributed by atoms with van der Waals surface area (Å²) < 4.78 is 1.72. The molecule has 156 valence electrons. The number of carbonyl (C=O) groups excluding carboxylic acids is 1. The highest BCUT2D eigenvalue weighted by Gasteiger charge is 2.12. The first kappa shape index (κ1) is 19.1. The molecule has 1 fully saturated rings. The van der Waals surface area contributed by atoms with E-state index in [2.05, 4.69) is 39.6 Å². The lowest BCUT2D eigenvalue weighted by Crippen LogP contribution is -2.29. The molecule has 0 saturated carbocycles. The standard InChI is InChI=1S/C24H24N6O/c25-23(31)18-6-4-5-17(15-18)21-16-26-30-14-11-22(28-24(21)30)27-19-7-9-20(10-8-19)29-12-2-1-3-13-29/h4-11,14-16H,1-3,12-13H2,(H2,25,31)(H,27,28). The third kappa shape index (κ3) is 3.94. The van der Waals surface area contributed by atoms with Gasteiger partial charge in [-0.05, 0) is 67.3 Å². The van der Waals surface area contributed by atoms with Crippen LogP contribution in [0.15, 0.2) is 67.0 Å². The zero-order valence-electron chi connectivity index (χ0n) is 17.2. The van der Waals surface area contributed by atoms with Crippen molar-refractivity contribution in [3.63, 3.8) is 0 Å². The number of nitrogens with zero attached hydrogens (tertiary/aromatic N) is 4. The molecule has 0 aliphatic carbocycles. The number of carbonyl (C=O) groups is 1. The van der Waals surface area contributed by atoms with Gasteiger partial charge in [-0.25, -0.2) is 9.50 Å². The van der Waals surface area contributed by atoms with Gasteiger partial charge >= 0.3 is 0 Å². The first-order valence-electron chi connectivity index (χ1n) is 10.5. The number of benzene rings is 2. The van der Waals surface area contributed by atoms with Crippen LogP contribution in [0.1, 0.15) is 29.6 Å². The summed E-state index contributed by atoms with van der Waals surface area (Å²) in [5.41, 5.74) is 10.5. The molecule has 0 bridgehead atoms. The summed E-state index contributed by atoms with van der Waals surface area (Å²) in [6, 6.07) is 17.6. The first-order valence-corrected chi connectivity index (χ1v) is 10.5. The smallest absolute Gasteiger partial charge is 0.248 e. The van der Waals surface area contributed by atoms with E-state index in [-0.39, 0.29) is 0 Å². The van der Waals surface area contributed by atoms with Gasteiger partial charge in [-0.15, -0.1) is 0 Å². The minimum absolute atomic E-state index is 0.457. The SMILES string of the molecule is NC(=O)c1cccc(-c2cnn3ccc(Nc4ccc(N5CCCCC5)cc4)nc23)c1. The van der Waals surface area contributed by atoms with Crippen molar-refractivity contribution >= 4 is 28.7 Å². The monoisotopic (exact) mass is 412 g/mol. The van der Waals surface area contributed by atoms with E-state index >= 15 is 0 Å². The van der Waals surface area contributed by atoms with Gasteiger partial charge in [-0.1, -0.05) is 12.1 Å². The van der Waals surface area contributed by atoms with Crippen LogP contribution in [0.2, 0.25) is 0 Å². The summed E-state index contributed by atoms with van der Waals surface area (Å²) in [6.07, 6.45) is 7.47. The molecule has 1 saturated heterocycles. The third-order valence-corrected chi connectivity index (χ3v) is 5.69. The van der Waals surface area contributed by atoms with Crippen molar-refractivity contribution in [1.29, 1.82) is 0 Å². The third-order valence-electron chi connectivity index (χ3n) is 5.69. The van der Waals surface area contributed by atoms with Crippen LogP contribution in [-0.2, 0) is 0 Å². The van der Waals surface area contributed by atoms with Crippen molar-refractivity contribution in [1.82, 2.24) is 14.6 Å². The van der Waals surface area contributed by atoms with E-state index in [9.17, 15) is 4.79 Å². The molecule has 2 aromatic carbocycles. The highest BCUT2D eigenvalue weighted by atomic mass is 16.1. The van der Waals surface area contributed by atoms with E-state index in [0.29, 0.717) is 11.2 Å². The number of fused-ring (bicyclic) bond motifs is 1. The van der Waals surface area contributed by atoms with Crippen LogP contribution in [0.3, 0.4) is 0 Å². The largest absolute Gasteiger partial charge is 0.372 e. The minimum atomic E-state index is -0.457. The zero-order chi connectivity index (χ0) is 21.2. The minimum Gasteiger partial charge on any atom is -0.372 e. The quantitative estimate of drug-likeness (QED) is 0.512. The number of piperidine rings is 1. The van der Waals surface area contributed by atoms with Gasteiger partial charge < -0.3 is 16.0 Å².